The van der Waals surface area contributed by atoms with E-state index in [1.54, 1.807) is 12.1 Å². The van der Waals surface area contributed by atoms with E-state index in [0.717, 1.165) is 18.4 Å². The highest BCUT2D eigenvalue weighted by Crippen LogP contribution is 2.21. The van der Waals surface area contributed by atoms with Gasteiger partial charge in [-0.1, -0.05) is 36.4 Å². The number of benzene rings is 2. The Hall–Kier alpha value is -2.42. The van der Waals surface area contributed by atoms with Gasteiger partial charge in [-0.3, -0.25) is 0 Å². The zero-order valence-corrected chi connectivity index (χ0v) is 10.3. The van der Waals surface area contributed by atoms with Crippen molar-refractivity contribution in [3.8, 4) is 0 Å². The number of ether oxygens (including phenoxy) is 1. The maximum Gasteiger partial charge on any atom is 0.346 e. The molecule has 0 radical (unpaired) electrons. The topological polar surface area (TPSA) is 43.4 Å². The highest BCUT2D eigenvalue weighted by atomic mass is 16.6. The standard InChI is InChI=1S/C16H12O3/c17-15-13-9-8-12(10-14(13)16(18)19-15)7-6-11-4-2-1-3-5-11/h1-5,8-10H,6-7H2. The van der Waals surface area contributed by atoms with Crippen LogP contribution in [0.5, 0.6) is 0 Å². The molecule has 3 heteroatoms. The molecule has 0 unspecified atom stereocenters. The van der Waals surface area contributed by atoms with Gasteiger partial charge in [0.1, 0.15) is 0 Å². The van der Waals surface area contributed by atoms with Crippen molar-refractivity contribution in [2.45, 2.75) is 12.8 Å². The molecule has 0 amide bonds. The number of aryl methyl sites for hydroxylation is 2. The van der Waals surface area contributed by atoms with E-state index in [0.29, 0.717) is 11.1 Å². The lowest BCUT2D eigenvalue weighted by Crippen LogP contribution is -1.97. The van der Waals surface area contributed by atoms with Crippen LogP contribution in [0.2, 0.25) is 0 Å². The number of carbonyl (C=O) groups excluding carboxylic acids is 2. The lowest BCUT2D eigenvalue weighted by atomic mass is 10.0. The van der Waals surface area contributed by atoms with Gasteiger partial charge in [0.05, 0.1) is 11.1 Å². The zero-order chi connectivity index (χ0) is 13.2. The Bertz CT molecular complexity index is 644. The number of cyclic esters (lactones) is 2. The lowest BCUT2D eigenvalue weighted by Gasteiger charge is -2.03. The second-order valence-electron chi connectivity index (χ2n) is 4.54. The summed E-state index contributed by atoms with van der Waals surface area (Å²) in [5.41, 5.74) is 3.04. The van der Waals surface area contributed by atoms with Crippen molar-refractivity contribution in [1.82, 2.24) is 0 Å². The summed E-state index contributed by atoms with van der Waals surface area (Å²) in [5, 5.41) is 0. The summed E-state index contributed by atoms with van der Waals surface area (Å²) < 4.78 is 4.57. The van der Waals surface area contributed by atoms with Gasteiger partial charge in [-0.05, 0) is 36.1 Å². The second kappa shape index (κ2) is 4.69. The van der Waals surface area contributed by atoms with Crippen LogP contribution < -0.4 is 0 Å². The Balaban J connectivity index is 1.78. The molecule has 1 aliphatic rings. The summed E-state index contributed by atoms with van der Waals surface area (Å²) in [5.74, 6) is -1.09. The largest absolute Gasteiger partial charge is 0.386 e. The fourth-order valence-corrected chi connectivity index (χ4v) is 2.22. The van der Waals surface area contributed by atoms with E-state index in [1.807, 2.05) is 24.3 Å². The van der Waals surface area contributed by atoms with Gasteiger partial charge in [-0.2, -0.15) is 0 Å². The first-order chi connectivity index (χ1) is 9.24. The molecule has 3 nitrogen and oxygen atoms in total. The molecule has 2 aromatic rings. The van der Waals surface area contributed by atoms with E-state index < -0.39 is 11.9 Å². The van der Waals surface area contributed by atoms with E-state index in [2.05, 4.69) is 16.9 Å². The quantitative estimate of drug-likeness (QED) is 0.623. The van der Waals surface area contributed by atoms with Gasteiger partial charge in [-0.15, -0.1) is 0 Å². The van der Waals surface area contributed by atoms with Crippen LogP contribution in [0.25, 0.3) is 0 Å². The molecule has 3 rings (SSSR count). The van der Waals surface area contributed by atoms with E-state index in [-0.39, 0.29) is 0 Å². The number of esters is 2. The SMILES string of the molecule is O=C1OC(=O)c2cc(CCc3ccccc3)ccc21. The van der Waals surface area contributed by atoms with Crippen LogP contribution >= 0.6 is 0 Å². The van der Waals surface area contributed by atoms with Gasteiger partial charge < -0.3 is 4.74 Å². The maximum atomic E-state index is 11.5. The van der Waals surface area contributed by atoms with Gasteiger partial charge in [-0.25, -0.2) is 9.59 Å². The lowest BCUT2D eigenvalue weighted by molar-refractivity contribution is 0.0444. The van der Waals surface area contributed by atoms with E-state index in [9.17, 15) is 9.59 Å². The predicted octanol–water partition coefficient (Wildman–Crippen LogP) is 2.78. The molecule has 0 saturated heterocycles. The Morgan fingerprint density at radius 1 is 0.737 bits per heavy atom. The van der Waals surface area contributed by atoms with Crippen molar-refractivity contribution < 1.29 is 14.3 Å². The molecular weight excluding hydrogens is 240 g/mol. The minimum atomic E-state index is -0.547. The van der Waals surface area contributed by atoms with Crippen LogP contribution in [-0.2, 0) is 17.6 Å². The van der Waals surface area contributed by atoms with Gasteiger partial charge >= 0.3 is 11.9 Å². The fraction of sp³-hybridized carbons (Fsp3) is 0.125. The smallest absolute Gasteiger partial charge is 0.346 e. The van der Waals surface area contributed by atoms with E-state index in [1.165, 1.54) is 5.56 Å². The molecule has 0 fully saturated rings. The molecule has 0 aromatic heterocycles. The Morgan fingerprint density at radius 3 is 2.21 bits per heavy atom. The summed E-state index contributed by atoms with van der Waals surface area (Å²) in [4.78, 5) is 22.8. The van der Waals surface area contributed by atoms with Crippen LogP contribution in [0.4, 0.5) is 0 Å². The molecule has 0 atom stereocenters. The monoisotopic (exact) mass is 252 g/mol. The van der Waals surface area contributed by atoms with Gasteiger partial charge in [0.2, 0.25) is 0 Å². The number of hydrogen-bond donors (Lipinski definition) is 0. The van der Waals surface area contributed by atoms with Gasteiger partial charge in [0.25, 0.3) is 0 Å². The number of hydrogen-bond acceptors (Lipinski definition) is 3. The van der Waals surface area contributed by atoms with E-state index in [4.69, 9.17) is 0 Å². The summed E-state index contributed by atoms with van der Waals surface area (Å²) >= 11 is 0. The van der Waals surface area contributed by atoms with Crippen LogP contribution in [0.3, 0.4) is 0 Å². The minimum absolute atomic E-state index is 0.369. The average Bonchev–Trinajstić information content (AvgIpc) is 2.73. The van der Waals surface area contributed by atoms with Gasteiger partial charge in [0.15, 0.2) is 0 Å². The third kappa shape index (κ3) is 2.27. The third-order valence-corrected chi connectivity index (χ3v) is 3.25. The molecule has 19 heavy (non-hydrogen) atoms. The molecule has 2 aromatic carbocycles. The van der Waals surface area contributed by atoms with Crippen LogP contribution in [0.1, 0.15) is 31.8 Å². The molecular formula is C16H12O3. The highest BCUT2D eigenvalue weighted by Gasteiger charge is 2.29. The maximum absolute atomic E-state index is 11.5. The van der Waals surface area contributed by atoms with E-state index >= 15 is 0 Å². The Labute approximate surface area is 110 Å². The summed E-state index contributed by atoms with van der Waals surface area (Å²) in [6, 6.07) is 15.5. The molecule has 0 aliphatic carbocycles. The van der Waals surface area contributed by atoms with Crippen LogP contribution in [0.15, 0.2) is 48.5 Å². The summed E-state index contributed by atoms with van der Waals surface area (Å²) in [7, 11) is 0. The van der Waals surface area contributed by atoms with Gasteiger partial charge in [0, 0.05) is 0 Å². The molecule has 0 N–H and O–H groups in total. The number of rotatable bonds is 3. The molecule has 94 valence electrons. The van der Waals surface area contributed by atoms with Crippen molar-refractivity contribution in [3.63, 3.8) is 0 Å². The molecule has 0 bridgehead atoms. The Kier molecular flexibility index (Phi) is 2.88. The zero-order valence-electron chi connectivity index (χ0n) is 10.3. The highest BCUT2D eigenvalue weighted by molar-refractivity contribution is 6.14. The first kappa shape index (κ1) is 11.7. The molecule has 0 spiro atoms. The third-order valence-electron chi connectivity index (χ3n) is 3.25. The van der Waals surface area contributed by atoms with Crippen molar-refractivity contribution in [3.05, 3.63) is 70.8 Å². The van der Waals surface area contributed by atoms with Crippen molar-refractivity contribution >= 4 is 11.9 Å². The molecule has 1 heterocycles. The number of carbonyl (C=O) groups is 2. The van der Waals surface area contributed by atoms with Crippen LogP contribution in [-0.4, -0.2) is 11.9 Å². The first-order valence-electron chi connectivity index (χ1n) is 6.17. The molecule has 0 saturated carbocycles. The Morgan fingerprint density at radius 2 is 1.42 bits per heavy atom. The summed E-state index contributed by atoms with van der Waals surface area (Å²) in [6.07, 6.45) is 1.74. The van der Waals surface area contributed by atoms with Crippen molar-refractivity contribution in [1.29, 1.82) is 0 Å². The molecule has 1 aliphatic heterocycles. The number of fused-ring (bicyclic) bond motifs is 1. The summed E-state index contributed by atoms with van der Waals surface area (Å²) in [6.45, 7) is 0. The fourth-order valence-electron chi connectivity index (χ4n) is 2.22. The predicted molar refractivity (Wildman–Crippen MR) is 70.0 cm³/mol. The van der Waals surface area contributed by atoms with Crippen molar-refractivity contribution in [2.75, 3.05) is 0 Å². The first-order valence-corrected chi connectivity index (χ1v) is 6.17. The second-order valence-corrected chi connectivity index (χ2v) is 4.54. The average molecular weight is 252 g/mol. The van der Waals surface area contributed by atoms with Crippen LogP contribution in [0, 0.1) is 0 Å². The minimum Gasteiger partial charge on any atom is -0.386 e. The normalized spacial score (nSPS) is 13.3. The van der Waals surface area contributed by atoms with Crippen molar-refractivity contribution in [2.24, 2.45) is 0 Å².